The standard InChI is InChI=1S/C10H6FN3O4/c11-7-5-6(1-2-8(7)14(17)18)13-4-3-9(15)12-10(13)16/h1-5H,(H,12,15,16). The van der Waals surface area contributed by atoms with Crippen LogP contribution in [-0.4, -0.2) is 14.5 Å². The summed E-state index contributed by atoms with van der Waals surface area (Å²) in [5.74, 6) is -1.06. The lowest BCUT2D eigenvalue weighted by molar-refractivity contribution is -0.387. The summed E-state index contributed by atoms with van der Waals surface area (Å²) in [6.07, 6.45) is 1.15. The number of rotatable bonds is 2. The number of nitrogens with one attached hydrogen (secondary N) is 1. The van der Waals surface area contributed by atoms with Gasteiger partial charge < -0.3 is 0 Å². The predicted molar refractivity (Wildman–Crippen MR) is 59.3 cm³/mol. The third kappa shape index (κ3) is 2.03. The molecule has 2 aromatic rings. The minimum atomic E-state index is -1.06. The summed E-state index contributed by atoms with van der Waals surface area (Å²) in [4.78, 5) is 33.8. The fraction of sp³-hybridized carbons (Fsp3) is 0. The van der Waals surface area contributed by atoms with Gasteiger partial charge in [-0.1, -0.05) is 0 Å². The molecule has 1 aromatic carbocycles. The van der Waals surface area contributed by atoms with Crippen LogP contribution in [0.2, 0.25) is 0 Å². The van der Waals surface area contributed by atoms with Gasteiger partial charge in [-0.05, 0) is 6.07 Å². The molecular weight excluding hydrogens is 245 g/mol. The average Bonchev–Trinajstić information content (AvgIpc) is 2.28. The average molecular weight is 251 g/mol. The number of hydrogen-bond acceptors (Lipinski definition) is 4. The van der Waals surface area contributed by atoms with E-state index in [1.165, 1.54) is 6.07 Å². The lowest BCUT2D eigenvalue weighted by Gasteiger charge is -2.04. The topological polar surface area (TPSA) is 98.0 Å². The Morgan fingerprint density at radius 1 is 1.28 bits per heavy atom. The maximum Gasteiger partial charge on any atom is 0.332 e. The van der Waals surface area contributed by atoms with Gasteiger partial charge in [0.05, 0.1) is 10.6 Å². The molecule has 1 heterocycles. The Bertz CT molecular complexity index is 734. The number of H-pyrrole nitrogens is 1. The summed E-state index contributed by atoms with van der Waals surface area (Å²) >= 11 is 0. The quantitative estimate of drug-likeness (QED) is 0.623. The van der Waals surface area contributed by atoms with Crippen molar-refractivity contribution in [3.8, 4) is 5.69 Å². The fourth-order valence-electron chi connectivity index (χ4n) is 1.41. The van der Waals surface area contributed by atoms with Crippen LogP contribution in [0.5, 0.6) is 0 Å². The molecule has 0 aliphatic heterocycles. The molecule has 2 rings (SSSR count). The molecule has 0 radical (unpaired) electrons. The molecule has 0 saturated carbocycles. The Kier molecular flexibility index (Phi) is 2.76. The van der Waals surface area contributed by atoms with Crippen molar-refractivity contribution in [1.29, 1.82) is 0 Å². The van der Waals surface area contributed by atoms with Gasteiger partial charge in [-0.2, -0.15) is 4.39 Å². The maximum absolute atomic E-state index is 13.4. The Morgan fingerprint density at radius 3 is 2.56 bits per heavy atom. The van der Waals surface area contributed by atoms with Crippen molar-refractivity contribution in [2.75, 3.05) is 0 Å². The molecule has 0 aliphatic carbocycles. The molecular formula is C10H6FN3O4. The van der Waals surface area contributed by atoms with Crippen molar-refractivity contribution >= 4 is 5.69 Å². The predicted octanol–water partition coefficient (Wildman–Crippen LogP) is 0.573. The van der Waals surface area contributed by atoms with Gasteiger partial charge in [-0.3, -0.25) is 24.5 Å². The van der Waals surface area contributed by atoms with Crippen LogP contribution in [0.3, 0.4) is 0 Å². The second kappa shape index (κ2) is 4.24. The van der Waals surface area contributed by atoms with Crippen molar-refractivity contribution < 1.29 is 9.31 Å². The SMILES string of the molecule is O=c1ccn(-c2ccc([N+](=O)[O-])c(F)c2)c(=O)[nH]1. The van der Waals surface area contributed by atoms with Crippen LogP contribution in [0.15, 0.2) is 40.1 Å². The van der Waals surface area contributed by atoms with Crippen LogP contribution < -0.4 is 11.2 Å². The zero-order valence-corrected chi connectivity index (χ0v) is 8.79. The van der Waals surface area contributed by atoms with E-state index in [0.717, 1.165) is 29.0 Å². The molecule has 92 valence electrons. The van der Waals surface area contributed by atoms with Crippen LogP contribution in [0, 0.1) is 15.9 Å². The second-order valence-electron chi connectivity index (χ2n) is 3.37. The monoisotopic (exact) mass is 251 g/mol. The molecule has 18 heavy (non-hydrogen) atoms. The molecule has 0 saturated heterocycles. The van der Waals surface area contributed by atoms with Crippen LogP contribution in [0.25, 0.3) is 5.69 Å². The van der Waals surface area contributed by atoms with Crippen molar-refractivity contribution in [2.24, 2.45) is 0 Å². The number of halogens is 1. The molecule has 0 aliphatic rings. The van der Waals surface area contributed by atoms with E-state index in [1.54, 1.807) is 0 Å². The number of nitro benzene ring substituents is 1. The summed E-state index contributed by atoms with van der Waals surface area (Å²) < 4.78 is 14.3. The molecule has 0 fully saturated rings. The smallest absolute Gasteiger partial charge is 0.274 e. The lowest BCUT2D eigenvalue weighted by atomic mass is 10.2. The zero-order valence-electron chi connectivity index (χ0n) is 8.79. The molecule has 0 amide bonds. The number of aromatic nitrogens is 2. The first-order chi connectivity index (χ1) is 8.49. The summed E-state index contributed by atoms with van der Waals surface area (Å²) in [6.45, 7) is 0. The molecule has 0 bridgehead atoms. The normalized spacial score (nSPS) is 10.3. The first-order valence-corrected chi connectivity index (χ1v) is 4.75. The number of nitrogens with zero attached hydrogens (tertiary/aromatic N) is 2. The van der Waals surface area contributed by atoms with Crippen molar-refractivity contribution in [3.05, 3.63) is 67.2 Å². The highest BCUT2D eigenvalue weighted by Crippen LogP contribution is 2.19. The molecule has 8 heteroatoms. The number of aromatic amines is 1. The van der Waals surface area contributed by atoms with Gasteiger partial charge in [-0.25, -0.2) is 4.79 Å². The van der Waals surface area contributed by atoms with Crippen molar-refractivity contribution in [3.63, 3.8) is 0 Å². The molecule has 7 nitrogen and oxygen atoms in total. The highest BCUT2D eigenvalue weighted by Gasteiger charge is 2.14. The fourth-order valence-corrected chi connectivity index (χ4v) is 1.41. The van der Waals surface area contributed by atoms with Crippen LogP contribution in [0.4, 0.5) is 10.1 Å². The first-order valence-electron chi connectivity index (χ1n) is 4.75. The highest BCUT2D eigenvalue weighted by atomic mass is 19.1. The molecule has 1 N–H and O–H groups in total. The number of hydrogen-bond donors (Lipinski definition) is 1. The molecule has 0 atom stereocenters. The van der Waals surface area contributed by atoms with E-state index in [0.29, 0.717) is 0 Å². The number of benzene rings is 1. The van der Waals surface area contributed by atoms with Crippen LogP contribution in [0.1, 0.15) is 0 Å². The highest BCUT2D eigenvalue weighted by molar-refractivity contribution is 5.42. The third-order valence-electron chi connectivity index (χ3n) is 2.23. The Hall–Kier alpha value is -2.77. The van der Waals surface area contributed by atoms with Crippen molar-refractivity contribution in [2.45, 2.75) is 0 Å². The van der Waals surface area contributed by atoms with Gasteiger partial charge in [0.2, 0.25) is 5.82 Å². The molecule has 0 unspecified atom stereocenters. The lowest BCUT2D eigenvalue weighted by Crippen LogP contribution is -2.27. The summed E-state index contributed by atoms with van der Waals surface area (Å²) in [5, 5.41) is 10.4. The molecule has 1 aromatic heterocycles. The van der Waals surface area contributed by atoms with Gasteiger partial charge in [-0.15, -0.1) is 0 Å². The van der Waals surface area contributed by atoms with E-state index in [-0.39, 0.29) is 5.69 Å². The van der Waals surface area contributed by atoms with Crippen LogP contribution >= 0.6 is 0 Å². The third-order valence-corrected chi connectivity index (χ3v) is 2.23. The Morgan fingerprint density at radius 2 is 2.00 bits per heavy atom. The minimum Gasteiger partial charge on any atom is -0.274 e. The van der Waals surface area contributed by atoms with Gasteiger partial charge in [0, 0.05) is 24.4 Å². The summed E-state index contributed by atoms with van der Waals surface area (Å²) in [7, 11) is 0. The minimum absolute atomic E-state index is 0.0827. The zero-order chi connectivity index (χ0) is 13.3. The van der Waals surface area contributed by atoms with E-state index >= 15 is 0 Å². The number of nitro groups is 1. The Labute approximate surface area is 98.3 Å². The van der Waals surface area contributed by atoms with Gasteiger partial charge in [0.25, 0.3) is 5.56 Å². The largest absolute Gasteiger partial charge is 0.332 e. The second-order valence-corrected chi connectivity index (χ2v) is 3.37. The van der Waals surface area contributed by atoms with Gasteiger partial charge >= 0.3 is 11.4 Å². The van der Waals surface area contributed by atoms with Crippen LogP contribution in [-0.2, 0) is 0 Å². The van der Waals surface area contributed by atoms with E-state index in [1.807, 2.05) is 4.98 Å². The van der Waals surface area contributed by atoms with Crippen molar-refractivity contribution in [1.82, 2.24) is 9.55 Å². The van der Waals surface area contributed by atoms with Gasteiger partial charge in [0.1, 0.15) is 0 Å². The Balaban J connectivity index is 2.59. The maximum atomic E-state index is 13.4. The summed E-state index contributed by atoms with van der Waals surface area (Å²) in [6, 6.07) is 4.09. The van der Waals surface area contributed by atoms with E-state index < -0.39 is 27.7 Å². The van der Waals surface area contributed by atoms with E-state index in [9.17, 15) is 24.1 Å². The first kappa shape index (κ1) is 11.7. The van der Waals surface area contributed by atoms with Gasteiger partial charge in [0.15, 0.2) is 0 Å². The van der Waals surface area contributed by atoms with E-state index in [2.05, 4.69) is 0 Å². The molecule has 0 spiro atoms. The summed E-state index contributed by atoms with van der Waals surface area (Å²) in [5.41, 5.74) is -1.94. The van der Waals surface area contributed by atoms with E-state index in [4.69, 9.17) is 0 Å².